The molecule has 102 valence electrons. The molecule has 2 fully saturated rings. The lowest BCUT2D eigenvalue weighted by Gasteiger charge is -2.57. The maximum atomic E-state index is 10.5. The zero-order valence-electron chi connectivity index (χ0n) is 11.2. The third-order valence-electron chi connectivity index (χ3n) is 4.58. The minimum atomic E-state index is 0.393. The fourth-order valence-corrected chi connectivity index (χ4v) is 3.75. The van der Waals surface area contributed by atoms with Gasteiger partial charge < -0.3 is 10.3 Å². The van der Waals surface area contributed by atoms with Crippen LogP contribution in [0.3, 0.4) is 0 Å². The summed E-state index contributed by atoms with van der Waals surface area (Å²) in [5.74, 6) is 0.438. The van der Waals surface area contributed by atoms with Crippen LogP contribution in [0.2, 0.25) is 0 Å². The lowest BCUT2D eigenvalue weighted by molar-refractivity contribution is -0.109. The molecule has 1 heterocycles. The first-order chi connectivity index (χ1) is 9.13. The van der Waals surface area contributed by atoms with Crippen molar-refractivity contribution in [2.75, 3.05) is 0 Å². The Kier molecular flexibility index (Phi) is 2.93. The highest BCUT2D eigenvalue weighted by Gasteiger charge is 2.53. The van der Waals surface area contributed by atoms with Crippen molar-refractivity contribution < 1.29 is 4.79 Å². The zero-order chi connectivity index (χ0) is 13.5. The van der Waals surface area contributed by atoms with E-state index in [1.165, 1.54) is 0 Å². The van der Waals surface area contributed by atoms with Gasteiger partial charge in [0.25, 0.3) is 0 Å². The van der Waals surface area contributed by atoms with E-state index in [0.717, 1.165) is 37.1 Å². The first-order valence-corrected chi connectivity index (χ1v) is 6.78. The third-order valence-corrected chi connectivity index (χ3v) is 4.58. The van der Waals surface area contributed by atoms with Crippen LogP contribution in [0.1, 0.15) is 31.4 Å². The molecule has 1 aromatic rings. The number of amides is 1. The van der Waals surface area contributed by atoms with E-state index in [1.54, 1.807) is 0 Å². The van der Waals surface area contributed by atoms with Crippen molar-refractivity contribution in [2.45, 2.75) is 31.7 Å². The minimum Gasteiger partial charge on any atom is -0.350 e. The lowest BCUT2D eigenvalue weighted by atomic mass is 9.49. The number of hydrogen-bond acceptors (Lipinski definition) is 3. The van der Waals surface area contributed by atoms with Crippen molar-refractivity contribution in [1.29, 1.82) is 0 Å². The van der Waals surface area contributed by atoms with Gasteiger partial charge in [-0.25, -0.2) is 5.43 Å². The van der Waals surface area contributed by atoms with E-state index < -0.39 is 0 Å². The van der Waals surface area contributed by atoms with Crippen LogP contribution >= 0.6 is 0 Å². The molecular formula is C14H20N4O. The van der Waals surface area contributed by atoms with E-state index in [2.05, 4.69) is 10.5 Å². The Morgan fingerprint density at radius 2 is 2.26 bits per heavy atom. The van der Waals surface area contributed by atoms with Gasteiger partial charge >= 0.3 is 0 Å². The fraction of sp³-hybridized carbons (Fsp3) is 0.571. The second kappa shape index (κ2) is 4.49. The standard InChI is InChI=1S/C14H20N4O/c1-18-4-2-3-12(18)13(17-16-9-19)10-5-14(6-10)7-11(15)8-14/h2-4,9-11H,5-8,15H2,1H3,(H,16,19)/b17-13-. The highest BCUT2D eigenvalue weighted by atomic mass is 16.1. The van der Waals surface area contributed by atoms with Crippen LogP contribution in [0.25, 0.3) is 0 Å². The molecule has 3 rings (SSSR count). The second-order valence-electron chi connectivity index (χ2n) is 6.02. The third kappa shape index (κ3) is 2.08. The number of nitrogens with zero attached hydrogens (tertiary/aromatic N) is 2. The maximum Gasteiger partial charge on any atom is 0.227 e. The summed E-state index contributed by atoms with van der Waals surface area (Å²) in [5.41, 5.74) is 10.9. The summed E-state index contributed by atoms with van der Waals surface area (Å²) in [4.78, 5) is 10.5. The number of aryl methyl sites for hydroxylation is 1. The van der Waals surface area contributed by atoms with Crippen LogP contribution < -0.4 is 11.2 Å². The topological polar surface area (TPSA) is 72.4 Å². The highest BCUT2D eigenvalue weighted by molar-refractivity contribution is 6.01. The number of nitrogens with two attached hydrogens (primary N) is 1. The van der Waals surface area contributed by atoms with Gasteiger partial charge in [0.15, 0.2) is 0 Å². The number of nitrogens with one attached hydrogen (secondary N) is 1. The van der Waals surface area contributed by atoms with Crippen LogP contribution in [-0.2, 0) is 11.8 Å². The second-order valence-corrected chi connectivity index (χ2v) is 6.02. The summed E-state index contributed by atoms with van der Waals surface area (Å²) < 4.78 is 2.04. The summed E-state index contributed by atoms with van der Waals surface area (Å²) in [7, 11) is 2.00. The molecule has 5 heteroatoms. The fourth-order valence-electron chi connectivity index (χ4n) is 3.75. The predicted octanol–water partition coefficient (Wildman–Crippen LogP) is 0.993. The number of hydrogen-bond donors (Lipinski definition) is 2. The monoisotopic (exact) mass is 260 g/mol. The number of carbonyl (C=O) groups excluding carboxylic acids is 1. The minimum absolute atomic E-state index is 0.393. The Morgan fingerprint density at radius 3 is 2.79 bits per heavy atom. The summed E-state index contributed by atoms with van der Waals surface area (Å²) >= 11 is 0. The van der Waals surface area contributed by atoms with Gasteiger partial charge in [-0.3, -0.25) is 4.79 Å². The Bertz CT molecular complexity index is 505. The molecule has 2 saturated carbocycles. The molecule has 0 radical (unpaired) electrons. The molecule has 3 N–H and O–H groups in total. The summed E-state index contributed by atoms with van der Waals surface area (Å²) in [6.45, 7) is 0. The molecule has 2 aliphatic carbocycles. The van der Waals surface area contributed by atoms with E-state index in [0.29, 0.717) is 23.8 Å². The number of rotatable bonds is 4. The first-order valence-electron chi connectivity index (χ1n) is 6.78. The number of aromatic nitrogens is 1. The lowest BCUT2D eigenvalue weighted by Crippen LogP contribution is -2.55. The largest absolute Gasteiger partial charge is 0.350 e. The SMILES string of the molecule is Cn1cccc1/C(=N\NC=O)C1CC2(CC(N)C2)C1. The van der Waals surface area contributed by atoms with E-state index in [4.69, 9.17) is 5.73 Å². The maximum absolute atomic E-state index is 10.5. The Hall–Kier alpha value is -1.62. The molecule has 0 unspecified atom stereocenters. The molecule has 0 saturated heterocycles. The quantitative estimate of drug-likeness (QED) is 0.481. The molecule has 1 spiro atoms. The molecule has 19 heavy (non-hydrogen) atoms. The Labute approximate surface area is 112 Å². The van der Waals surface area contributed by atoms with Crippen molar-refractivity contribution >= 4 is 12.1 Å². The van der Waals surface area contributed by atoms with Crippen LogP contribution in [0, 0.1) is 11.3 Å². The average molecular weight is 260 g/mol. The average Bonchev–Trinajstić information content (AvgIpc) is 2.70. The zero-order valence-corrected chi connectivity index (χ0v) is 11.2. The van der Waals surface area contributed by atoms with Crippen LogP contribution in [-0.4, -0.2) is 22.7 Å². The number of hydrazone groups is 1. The molecule has 2 aliphatic rings. The molecule has 1 aromatic heterocycles. The molecule has 0 aromatic carbocycles. The summed E-state index contributed by atoms with van der Waals surface area (Å²) in [6, 6.07) is 4.44. The highest BCUT2D eigenvalue weighted by Crippen LogP contribution is 2.58. The van der Waals surface area contributed by atoms with Crippen molar-refractivity contribution in [3.8, 4) is 0 Å². The Balaban J connectivity index is 1.75. The van der Waals surface area contributed by atoms with Gasteiger partial charge in [-0.2, -0.15) is 5.10 Å². The van der Waals surface area contributed by atoms with Crippen molar-refractivity contribution in [3.63, 3.8) is 0 Å². The first kappa shape index (κ1) is 12.4. The summed E-state index contributed by atoms with van der Waals surface area (Å²) in [5, 5.41) is 4.26. The van der Waals surface area contributed by atoms with Gasteiger partial charge in [0.1, 0.15) is 0 Å². The van der Waals surface area contributed by atoms with E-state index in [1.807, 2.05) is 29.9 Å². The molecule has 0 atom stereocenters. The van der Waals surface area contributed by atoms with Crippen molar-refractivity contribution in [2.24, 2.45) is 29.2 Å². The number of carbonyl (C=O) groups is 1. The van der Waals surface area contributed by atoms with Gasteiger partial charge in [-0.05, 0) is 43.2 Å². The van der Waals surface area contributed by atoms with Crippen molar-refractivity contribution in [1.82, 2.24) is 9.99 Å². The normalized spacial score (nSPS) is 33.7. The molecule has 0 bridgehead atoms. The van der Waals surface area contributed by atoms with Gasteiger partial charge in [0, 0.05) is 25.2 Å². The van der Waals surface area contributed by atoms with Crippen molar-refractivity contribution in [3.05, 3.63) is 24.0 Å². The molecule has 0 aliphatic heterocycles. The van der Waals surface area contributed by atoms with Crippen LogP contribution in [0.5, 0.6) is 0 Å². The van der Waals surface area contributed by atoms with Gasteiger partial charge in [-0.1, -0.05) is 0 Å². The van der Waals surface area contributed by atoms with E-state index in [9.17, 15) is 4.79 Å². The molecule has 5 nitrogen and oxygen atoms in total. The van der Waals surface area contributed by atoms with E-state index >= 15 is 0 Å². The smallest absolute Gasteiger partial charge is 0.227 e. The van der Waals surface area contributed by atoms with Crippen LogP contribution in [0.4, 0.5) is 0 Å². The van der Waals surface area contributed by atoms with Gasteiger partial charge in [0.05, 0.1) is 11.4 Å². The predicted molar refractivity (Wildman–Crippen MR) is 73.5 cm³/mol. The molecular weight excluding hydrogens is 240 g/mol. The molecule has 1 amide bonds. The summed E-state index contributed by atoms with van der Waals surface area (Å²) in [6.07, 6.45) is 7.20. The van der Waals surface area contributed by atoms with Gasteiger partial charge in [-0.15, -0.1) is 0 Å². The Morgan fingerprint density at radius 1 is 1.53 bits per heavy atom. The van der Waals surface area contributed by atoms with E-state index in [-0.39, 0.29) is 0 Å². The van der Waals surface area contributed by atoms with Crippen LogP contribution in [0.15, 0.2) is 23.4 Å². The van der Waals surface area contributed by atoms with Gasteiger partial charge in [0.2, 0.25) is 6.41 Å².